The molecule has 0 spiro atoms. The summed E-state index contributed by atoms with van der Waals surface area (Å²) in [5, 5.41) is 27.0. The van der Waals surface area contributed by atoms with Crippen molar-refractivity contribution >= 4 is 0 Å². The highest BCUT2D eigenvalue weighted by Crippen LogP contribution is 2.06. The van der Waals surface area contributed by atoms with E-state index >= 15 is 0 Å². The first kappa shape index (κ1) is 10.6. The number of rotatable bonds is 3. The third-order valence-electron chi connectivity index (χ3n) is 1.43. The van der Waals surface area contributed by atoms with Crippen LogP contribution in [0.2, 0.25) is 0 Å². The van der Waals surface area contributed by atoms with Crippen LogP contribution in [0.15, 0.2) is 0 Å². The molecule has 0 aromatic heterocycles. The Labute approximate surface area is 80.7 Å². The molecule has 0 bridgehead atoms. The van der Waals surface area contributed by atoms with Crippen molar-refractivity contribution in [1.82, 2.24) is 21.0 Å². The maximum atomic E-state index is 10.4. The summed E-state index contributed by atoms with van der Waals surface area (Å²) in [4.78, 5) is 31.0. The summed E-state index contributed by atoms with van der Waals surface area (Å²) in [7, 11) is 0. The third-order valence-corrected chi connectivity index (χ3v) is 1.43. The van der Waals surface area contributed by atoms with Crippen molar-refractivity contribution in [3.63, 3.8) is 0 Å². The van der Waals surface area contributed by atoms with Gasteiger partial charge in [-0.25, -0.2) is 30.3 Å². The van der Waals surface area contributed by atoms with Crippen molar-refractivity contribution in [2.45, 2.75) is 0 Å². The third kappa shape index (κ3) is 1.90. The minimum absolute atomic E-state index is 0.0132. The zero-order valence-corrected chi connectivity index (χ0v) is 7.05. The van der Waals surface area contributed by atoms with Gasteiger partial charge in [0.1, 0.15) is 11.8 Å². The fraction of sp³-hybridized carbons (Fsp3) is 1.00. The van der Waals surface area contributed by atoms with Gasteiger partial charge in [0.25, 0.3) is 0 Å². The Hall–Kier alpha value is -2.44. The second kappa shape index (κ2) is 3.74. The molecule has 1 saturated heterocycles. The van der Waals surface area contributed by atoms with Crippen molar-refractivity contribution < 1.29 is 15.1 Å². The molecule has 1 N–H and O–H groups in total. The van der Waals surface area contributed by atoms with Gasteiger partial charge >= 0.3 is 0 Å². The fourth-order valence-corrected chi connectivity index (χ4v) is 0.924. The summed E-state index contributed by atoms with van der Waals surface area (Å²) in [6, 6.07) is 0. The van der Waals surface area contributed by atoms with E-state index in [2.05, 4.69) is 0 Å². The minimum atomic E-state index is -1.28. The molecular weight excluding hydrogens is 218 g/mol. The molecule has 15 heavy (non-hydrogen) atoms. The lowest BCUT2D eigenvalue weighted by atomic mass is 10.6. The summed E-state index contributed by atoms with van der Waals surface area (Å²) < 4.78 is 0. The molecular formula is C2H5N7O6. The Balaban J connectivity index is 2.95. The summed E-state index contributed by atoms with van der Waals surface area (Å²) in [6.07, 6.45) is 0. The predicted molar refractivity (Wildman–Crippen MR) is 39.4 cm³/mol. The summed E-state index contributed by atoms with van der Waals surface area (Å²) in [5.41, 5.74) is 2.01. The number of hydrogen-bond acceptors (Lipinski definition) is 7. The average Bonchev–Trinajstić information content (AvgIpc) is 2.16. The summed E-state index contributed by atoms with van der Waals surface area (Å²) in [5.74, 6) is 0. The van der Waals surface area contributed by atoms with Gasteiger partial charge in [-0.15, -0.1) is 5.43 Å². The van der Waals surface area contributed by atoms with Crippen LogP contribution >= 0.6 is 0 Å². The maximum Gasteiger partial charge on any atom is 0.214 e. The lowest BCUT2D eigenvalue weighted by molar-refractivity contribution is -0.937. The van der Waals surface area contributed by atoms with Gasteiger partial charge in [0.2, 0.25) is 15.3 Å². The van der Waals surface area contributed by atoms with Crippen LogP contribution in [0.4, 0.5) is 0 Å². The van der Waals surface area contributed by atoms with Gasteiger partial charge in [-0.2, -0.15) is 0 Å². The quantitative estimate of drug-likeness (QED) is 0.412. The molecule has 13 heteroatoms. The number of nitrogens with zero attached hydrogens (tertiary/aromatic N) is 6. The smallest absolute Gasteiger partial charge is 0.214 e. The van der Waals surface area contributed by atoms with Crippen LogP contribution in [-0.4, -0.2) is 43.8 Å². The average molecular weight is 223 g/mol. The SMILES string of the molecule is O=[N+]([O-])N1CCNN([N+](=O)[O-])N1[N+](=O)[O-]. The first-order valence-electron chi connectivity index (χ1n) is 3.49. The fourth-order valence-electron chi connectivity index (χ4n) is 0.924. The minimum Gasteiger partial charge on any atom is -0.233 e. The van der Waals surface area contributed by atoms with Gasteiger partial charge in [-0.3, -0.25) is 0 Å². The van der Waals surface area contributed by atoms with E-state index in [0.29, 0.717) is 0 Å². The molecule has 84 valence electrons. The Morgan fingerprint density at radius 2 is 1.60 bits per heavy atom. The maximum absolute atomic E-state index is 10.4. The van der Waals surface area contributed by atoms with Crippen LogP contribution in [0.5, 0.6) is 0 Å². The molecule has 0 amide bonds. The van der Waals surface area contributed by atoms with E-state index in [0.717, 1.165) is 0 Å². The van der Waals surface area contributed by atoms with Crippen LogP contribution < -0.4 is 5.43 Å². The second-order valence-electron chi connectivity index (χ2n) is 2.28. The first-order valence-corrected chi connectivity index (χ1v) is 3.49. The van der Waals surface area contributed by atoms with E-state index in [1.54, 1.807) is 0 Å². The molecule has 0 aromatic rings. The Morgan fingerprint density at radius 3 is 2.00 bits per heavy atom. The molecule has 0 aromatic carbocycles. The molecule has 0 atom stereocenters. The number of nitro groups is 3. The number of hydrazine groups is 6. The Bertz CT molecular complexity index is 282. The van der Waals surface area contributed by atoms with Crippen molar-refractivity contribution in [3.8, 4) is 0 Å². The second-order valence-corrected chi connectivity index (χ2v) is 2.28. The lowest BCUT2D eigenvalue weighted by Crippen LogP contribution is -2.69. The van der Waals surface area contributed by atoms with Crippen molar-refractivity contribution in [2.75, 3.05) is 13.1 Å². The molecule has 1 heterocycles. The molecule has 1 fully saturated rings. The van der Waals surface area contributed by atoms with E-state index in [-0.39, 0.29) is 28.7 Å². The summed E-state index contributed by atoms with van der Waals surface area (Å²) in [6.45, 7) is -0.523. The monoisotopic (exact) mass is 223 g/mol. The predicted octanol–water partition coefficient (Wildman–Crippen LogP) is -2.18. The molecule has 13 nitrogen and oxygen atoms in total. The highest BCUT2D eigenvalue weighted by atomic mass is 16.8. The lowest BCUT2D eigenvalue weighted by Gasteiger charge is -2.26. The molecule has 0 unspecified atom stereocenters. The standard InChI is InChI=1S/C2H5N7O6/c10-7(11)4-2-1-3-5(8(12)13)6(4)9(14)15/h3H,1-2H2. The topological polar surface area (TPSA) is 151 Å². The molecule has 0 aliphatic carbocycles. The molecule has 0 saturated carbocycles. The molecule has 0 radical (unpaired) electrons. The Kier molecular flexibility index (Phi) is 2.65. The van der Waals surface area contributed by atoms with Crippen molar-refractivity contribution in [3.05, 3.63) is 30.3 Å². The van der Waals surface area contributed by atoms with Gasteiger partial charge in [0.05, 0.1) is 5.12 Å². The van der Waals surface area contributed by atoms with Gasteiger partial charge in [-0.05, 0) is 0 Å². The van der Waals surface area contributed by atoms with Crippen LogP contribution in [0, 0.1) is 30.3 Å². The van der Waals surface area contributed by atoms with Gasteiger partial charge in [0.15, 0.2) is 5.03 Å². The van der Waals surface area contributed by atoms with Gasteiger partial charge in [-0.1, -0.05) is 0 Å². The van der Waals surface area contributed by atoms with E-state index in [4.69, 9.17) is 0 Å². The van der Waals surface area contributed by atoms with E-state index in [9.17, 15) is 30.3 Å². The van der Waals surface area contributed by atoms with Gasteiger partial charge < -0.3 is 0 Å². The van der Waals surface area contributed by atoms with Crippen LogP contribution in [0.25, 0.3) is 0 Å². The highest BCUT2D eigenvalue weighted by Gasteiger charge is 2.48. The number of hydrogen-bond donors (Lipinski definition) is 1. The first-order chi connectivity index (χ1) is 6.95. The zero-order chi connectivity index (χ0) is 11.6. The van der Waals surface area contributed by atoms with Crippen LogP contribution in [-0.2, 0) is 0 Å². The highest BCUT2D eigenvalue weighted by molar-refractivity contribution is 4.45. The van der Waals surface area contributed by atoms with E-state index in [1.807, 2.05) is 5.43 Å². The normalized spacial score (nSPS) is 16.4. The van der Waals surface area contributed by atoms with Crippen LogP contribution in [0.1, 0.15) is 0 Å². The number of nitrogens with one attached hydrogen (secondary N) is 1. The molecule has 1 rings (SSSR count). The Morgan fingerprint density at radius 1 is 1.00 bits per heavy atom. The van der Waals surface area contributed by atoms with E-state index in [1.165, 1.54) is 0 Å². The van der Waals surface area contributed by atoms with Gasteiger partial charge in [0, 0.05) is 6.54 Å². The van der Waals surface area contributed by atoms with Crippen LogP contribution in [0.3, 0.4) is 0 Å². The summed E-state index contributed by atoms with van der Waals surface area (Å²) >= 11 is 0. The molecule has 1 aliphatic heterocycles. The largest absolute Gasteiger partial charge is 0.233 e. The zero-order valence-electron chi connectivity index (χ0n) is 7.05. The molecule has 1 aliphatic rings. The van der Waals surface area contributed by atoms with Crippen molar-refractivity contribution in [2.24, 2.45) is 0 Å². The van der Waals surface area contributed by atoms with Crippen molar-refractivity contribution in [1.29, 1.82) is 0 Å². The van der Waals surface area contributed by atoms with E-state index < -0.39 is 15.1 Å².